The molecule has 0 aliphatic rings. The van der Waals surface area contributed by atoms with Gasteiger partial charge in [0, 0.05) is 25.2 Å². The maximum Gasteiger partial charge on any atom is 0.254 e. The second-order valence-electron chi connectivity index (χ2n) is 10.1. The minimum Gasteiger partial charge on any atom is -0.457 e. The highest BCUT2D eigenvalue weighted by Gasteiger charge is 2.18. The van der Waals surface area contributed by atoms with Crippen molar-refractivity contribution < 1.29 is 9.53 Å². The Kier molecular flexibility index (Phi) is 12.9. The van der Waals surface area contributed by atoms with Crippen molar-refractivity contribution in [3.63, 3.8) is 0 Å². The van der Waals surface area contributed by atoms with Crippen molar-refractivity contribution >= 4 is 5.91 Å². The van der Waals surface area contributed by atoms with Crippen molar-refractivity contribution in [1.82, 2.24) is 9.80 Å². The van der Waals surface area contributed by atoms with Crippen LogP contribution in [-0.4, -0.2) is 41.9 Å². The molecule has 0 spiro atoms. The molecule has 0 saturated heterocycles. The molecule has 3 rings (SSSR count). The SMILES string of the molecule is CCCCc1ccc(C(=O)N(CCN(CCCC)CCCC)Cc2ccc(Oc3ccccc3)cc2)cc1. The molecule has 0 atom stereocenters. The second kappa shape index (κ2) is 16.7. The molecular weight excluding hydrogens is 468 g/mol. The second-order valence-corrected chi connectivity index (χ2v) is 10.1. The van der Waals surface area contributed by atoms with E-state index in [1.165, 1.54) is 44.1 Å². The highest BCUT2D eigenvalue weighted by atomic mass is 16.5. The average molecular weight is 515 g/mol. The molecule has 3 aromatic rings. The van der Waals surface area contributed by atoms with Crippen LogP contribution in [0, 0.1) is 0 Å². The van der Waals surface area contributed by atoms with E-state index in [2.05, 4.69) is 49.9 Å². The molecule has 0 unspecified atom stereocenters. The van der Waals surface area contributed by atoms with E-state index in [1.807, 2.05) is 59.5 Å². The molecule has 4 heteroatoms. The van der Waals surface area contributed by atoms with Gasteiger partial charge in [0.25, 0.3) is 5.91 Å². The van der Waals surface area contributed by atoms with Crippen molar-refractivity contribution in [2.45, 2.75) is 72.3 Å². The molecule has 0 aromatic heterocycles. The lowest BCUT2D eigenvalue weighted by Gasteiger charge is -2.28. The molecule has 38 heavy (non-hydrogen) atoms. The fraction of sp³-hybridized carbons (Fsp3) is 0.441. The van der Waals surface area contributed by atoms with Gasteiger partial charge in [0.05, 0.1) is 0 Å². The van der Waals surface area contributed by atoms with Gasteiger partial charge in [-0.1, -0.05) is 82.5 Å². The van der Waals surface area contributed by atoms with Gasteiger partial charge in [0.1, 0.15) is 11.5 Å². The molecule has 4 nitrogen and oxygen atoms in total. The largest absolute Gasteiger partial charge is 0.457 e. The summed E-state index contributed by atoms with van der Waals surface area (Å²) in [4.78, 5) is 18.2. The third-order valence-corrected chi connectivity index (χ3v) is 6.92. The number of hydrogen-bond acceptors (Lipinski definition) is 3. The maximum atomic E-state index is 13.7. The Morgan fingerprint density at radius 3 is 1.82 bits per heavy atom. The third kappa shape index (κ3) is 9.98. The molecule has 0 aliphatic carbocycles. The van der Waals surface area contributed by atoms with E-state index < -0.39 is 0 Å². The predicted octanol–water partition coefficient (Wildman–Crippen LogP) is 8.37. The van der Waals surface area contributed by atoms with Crippen molar-refractivity contribution in [3.8, 4) is 11.5 Å². The summed E-state index contributed by atoms with van der Waals surface area (Å²) < 4.78 is 5.96. The molecule has 0 bridgehead atoms. The summed E-state index contributed by atoms with van der Waals surface area (Å²) in [5.74, 6) is 1.71. The van der Waals surface area contributed by atoms with Crippen LogP contribution in [-0.2, 0) is 13.0 Å². The first kappa shape index (κ1) is 29.4. The zero-order valence-corrected chi connectivity index (χ0v) is 23.7. The van der Waals surface area contributed by atoms with Crippen molar-refractivity contribution in [2.75, 3.05) is 26.2 Å². The van der Waals surface area contributed by atoms with Gasteiger partial charge in [-0.25, -0.2) is 0 Å². The van der Waals surface area contributed by atoms with Crippen molar-refractivity contribution in [3.05, 3.63) is 95.6 Å². The van der Waals surface area contributed by atoms with Gasteiger partial charge in [-0.15, -0.1) is 0 Å². The van der Waals surface area contributed by atoms with E-state index in [-0.39, 0.29) is 5.91 Å². The number of amides is 1. The summed E-state index contributed by atoms with van der Waals surface area (Å²) in [6, 6.07) is 26.2. The summed E-state index contributed by atoms with van der Waals surface area (Å²) in [5.41, 5.74) is 3.17. The minimum absolute atomic E-state index is 0.0996. The lowest BCUT2D eigenvalue weighted by molar-refractivity contribution is 0.0720. The van der Waals surface area contributed by atoms with Crippen molar-refractivity contribution in [2.24, 2.45) is 0 Å². The lowest BCUT2D eigenvalue weighted by Crippen LogP contribution is -2.39. The van der Waals surface area contributed by atoms with Gasteiger partial charge < -0.3 is 14.5 Å². The smallest absolute Gasteiger partial charge is 0.254 e. The van der Waals surface area contributed by atoms with Crippen molar-refractivity contribution in [1.29, 1.82) is 0 Å². The molecule has 204 valence electrons. The normalized spacial score (nSPS) is 11.1. The minimum atomic E-state index is 0.0996. The molecule has 0 aliphatic heterocycles. The van der Waals surface area contributed by atoms with Gasteiger partial charge in [-0.3, -0.25) is 4.79 Å². The Hall–Kier alpha value is -3.11. The number of hydrogen-bond donors (Lipinski definition) is 0. The standard InChI is InChI=1S/C34H46N2O2/c1-4-7-13-29-16-20-31(21-17-29)34(37)36(27-26-35(24-8-5-2)25-9-6-3)28-30-18-22-33(23-19-30)38-32-14-11-10-12-15-32/h10-12,14-23H,4-9,13,24-28H2,1-3H3. The van der Waals surface area contributed by atoms with E-state index in [1.54, 1.807) is 0 Å². The van der Waals surface area contributed by atoms with E-state index >= 15 is 0 Å². The van der Waals surface area contributed by atoms with Crippen LogP contribution in [0.4, 0.5) is 0 Å². The summed E-state index contributed by atoms with van der Waals surface area (Å²) in [6.45, 7) is 11.1. The lowest BCUT2D eigenvalue weighted by atomic mass is 10.1. The van der Waals surface area contributed by atoms with E-state index in [0.29, 0.717) is 13.1 Å². The van der Waals surface area contributed by atoms with E-state index in [9.17, 15) is 4.79 Å². The molecule has 0 radical (unpaired) electrons. The molecule has 0 N–H and O–H groups in total. The number of ether oxygens (including phenoxy) is 1. The number of aryl methyl sites for hydroxylation is 1. The zero-order chi connectivity index (χ0) is 27.0. The Labute approximate surface area is 230 Å². The van der Waals surface area contributed by atoms with Gasteiger partial charge in [0.15, 0.2) is 0 Å². The number of rotatable bonds is 17. The fourth-order valence-electron chi connectivity index (χ4n) is 4.50. The number of para-hydroxylation sites is 1. The third-order valence-electron chi connectivity index (χ3n) is 6.92. The van der Waals surface area contributed by atoms with Crippen LogP contribution in [0.3, 0.4) is 0 Å². The molecule has 0 saturated carbocycles. The van der Waals surface area contributed by atoms with Crippen LogP contribution < -0.4 is 4.74 Å². The van der Waals surface area contributed by atoms with Crippen LogP contribution in [0.1, 0.15) is 80.8 Å². The van der Waals surface area contributed by atoms with E-state index in [0.717, 1.165) is 48.7 Å². The Morgan fingerprint density at radius 1 is 0.632 bits per heavy atom. The first-order valence-corrected chi connectivity index (χ1v) is 14.5. The Morgan fingerprint density at radius 2 is 1.21 bits per heavy atom. The van der Waals surface area contributed by atoms with Gasteiger partial charge >= 0.3 is 0 Å². The molecule has 1 amide bonds. The van der Waals surface area contributed by atoms with Crippen LogP contribution in [0.5, 0.6) is 11.5 Å². The average Bonchev–Trinajstić information content (AvgIpc) is 2.96. The Balaban J connectivity index is 1.72. The van der Waals surface area contributed by atoms with Crippen LogP contribution in [0.25, 0.3) is 0 Å². The highest BCUT2D eigenvalue weighted by molar-refractivity contribution is 5.94. The number of unbranched alkanes of at least 4 members (excludes halogenated alkanes) is 3. The molecular formula is C34H46N2O2. The van der Waals surface area contributed by atoms with Gasteiger partial charge in [0.2, 0.25) is 0 Å². The summed E-state index contributed by atoms with van der Waals surface area (Å²) in [7, 11) is 0. The van der Waals surface area contributed by atoms with E-state index in [4.69, 9.17) is 4.74 Å². The first-order chi connectivity index (χ1) is 18.6. The summed E-state index contributed by atoms with van der Waals surface area (Å²) in [5, 5.41) is 0. The maximum absolute atomic E-state index is 13.7. The monoisotopic (exact) mass is 514 g/mol. The predicted molar refractivity (Wildman–Crippen MR) is 159 cm³/mol. The van der Waals surface area contributed by atoms with Gasteiger partial charge in [-0.2, -0.15) is 0 Å². The number of carbonyl (C=O) groups is 1. The van der Waals surface area contributed by atoms with Gasteiger partial charge in [-0.05, 0) is 86.3 Å². The quantitative estimate of drug-likeness (QED) is 0.181. The first-order valence-electron chi connectivity index (χ1n) is 14.5. The zero-order valence-electron chi connectivity index (χ0n) is 23.7. The highest BCUT2D eigenvalue weighted by Crippen LogP contribution is 2.22. The fourth-order valence-corrected chi connectivity index (χ4v) is 4.50. The Bertz CT molecular complexity index is 1040. The molecule has 0 heterocycles. The summed E-state index contributed by atoms with van der Waals surface area (Å²) in [6.07, 6.45) is 8.18. The topological polar surface area (TPSA) is 32.8 Å². The number of carbonyl (C=O) groups excluding carboxylic acids is 1. The summed E-state index contributed by atoms with van der Waals surface area (Å²) >= 11 is 0. The number of nitrogens with zero attached hydrogens (tertiary/aromatic N) is 2. The van der Waals surface area contributed by atoms with Crippen LogP contribution >= 0.6 is 0 Å². The number of benzene rings is 3. The molecule has 3 aromatic carbocycles. The van der Waals surface area contributed by atoms with Crippen LogP contribution in [0.2, 0.25) is 0 Å². The molecule has 0 fully saturated rings. The van der Waals surface area contributed by atoms with Crippen LogP contribution in [0.15, 0.2) is 78.9 Å².